The van der Waals surface area contributed by atoms with Crippen LogP contribution in [-0.2, 0) is 9.53 Å². The molecule has 2 saturated heterocycles. The molecule has 0 bridgehead atoms. The highest BCUT2D eigenvalue weighted by atomic mass is 16.5. The van der Waals surface area contributed by atoms with Gasteiger partial charge in [0.2, 0.25) is 0 Å². The Morgan fingerprint density at radius 3 is 2.45 bits per heavy atom. The number of piperazine rings is 1. The minimum absolute atomic E-state index is 0.0867. The third-order valence-corrected chi connectivity index (χ3v) is 6.40. The molecule has 0 radical (unpaired) electrons. The van der Waals surface area contributed by atoms with Crippen LogP contribution in [-0.4, -0.2) is 101 Å². The summed E-state index contributed by atoms with van der Waals surface area (Å²) in [6.07, 6.45) is 0. The maximum absolute atomic E-state index is 11.6. The maximum Gasteiger partial charge on any atom is 0.322 e. The minimum Gasteiger partial charge on any atom is -0.497 e. The number of aromatic nitrogens is 1. The van der Waals surface area contributed by atoms with Crippen LogP contribution in [0.3, 0.4) is 0 Å². The molecule has 12 nitrogen and oxygen atoms in total. The van der Waals surface area contributed by atoms with E-state index in [0.29, 0.717) is 22.8 Å². The molecule has 3 heterocycles. The van der Waals surface area contributed by atoms with E-state index in [1.807, 2.05) is 31.2 Å². The van der Waals surface area contributed by atoms with Crippen LogP contribution in [0.4, 0.5) is 10.6 Å². The lowest BCUT2D eigenvalue weighted by molar-refractivity contribution is -0.119. The zero-order valence-corrected chi connectivity index (χ0v) is 23.5. The number of aryl methyl sites for hydroxylation is 1. The predicted octanol–water partition coefficient (Wildman–Crippen LogP) is 0.781. The van der Waals surface area contributed by atoms with Crippen molar-refractivity contribution in [3.8, 4) is 23.3 Å². The van der Waals surface area contributed by atoms with E-state index in [9.17, 15) is 14.4 Å². The molecule has 1 aromatic carbocycles. The Morgan fingerprint density at radius 1 is 1.10 bits per heavy atom. The minimum atomic E-state index is -0.878. The molecule has 1 unspecified atom stereocenters. The number of urea groups is 1. The molecule has 3 N–H and O–H groups in total. The molecule has 1 atom stereocenters. The standard InChI is InChI=1S/C18H23N5O4.C10H13NO2/c1-26-12-11-22-7-9-23(10-8-22)16-6-5-15(27-2)13(19-16)3-4-14-17(24)21-18(25)20-14;1-7-4-5-8(13-3)6-9(7)10(12)11-2/h5-6,14H,7-12H2,1-2H3,(H2,20,21,24,25);4-6H,1-3H3,(H,11,12). The van der Waals surface area contributed by atoms with Crippen molar-refractivity contribution in [2.45, 2.75) is 13.0 Å². The first kappa shape index (κ1) is 30.2. The molecule has 4 amide bonds. The van der Waals surface area contributed by atoms with Crippen LogP contribution in [0.15, 0.2) is 30.3 Å². The molecule has 40 heavy (non-hydrogen) atoms. The Bertz CT molecular complexity index is 1270. The average molecular weight is 553 g/mol. The molecular weight excluding hydrogens is 516 g/mol. The fraction of sp³-hybridized carbons (Fsp3) is 0.429. The smallest absolute Gasteiger partial charge is 0.322 e. The van der Waals surface area contributed by atoms with Gasteiger partial charge < -0.3 is 29.7 Å². The summed E-state index contributed by atoms with van der Waals surface area (Å²) in [4.78, 5) is 43.3. The largest absolute Gasteiger partial charge is 0.497 e. The number of ether oxygens (including phenoxy) is 3. The van der Waals surface area contributed by atoms with E-state index in [1.54, 1.807) is 34.4 Å². The van der Waals surface area contributed by atoms with Gasteiger partial charge in [-0.1, -0.05) is 12.0 Å². The molecular formula is C28H36N6O6. The zero-order valence-electron chi connectivity index (χ0n) is 23.5. The van der Waals surface area contributed by atoms with Crippen molar-refractivity contribution in [1.82, 2.24) is 25.8 Å². The van der Waals surface area contributed by atoms with Gasteiger partial charge in [0, 0.05) is 52.4 Å². The van der Waals surface area contributed by atoms with E-state index in [1.165, 1.54) is 0 Å². The lowest BCUT2D eigenvalue weighted by Gasteiger charge is -2.35. The normalized spacial score (nSPS) is 16.5. The van der Waals surface area contributed by atoms with Crippen molar-refractivity contribution >= 4 is 23.7 Å². The van der Waals surface area contributed by atoms with E-state index in [2.05, 4.69) is 42.6 Å². The van der Waals surface area contributed by atoms with Gasteiger partial charge in [-0.15, -0.1) is 0 Å². The Hall–Kier alpha value is -4.34. The number of methoxy groups -OCH3 is 3. The molecule has 2 aromatic rings. The van der Waals surface area contributed by atoms with Crippen LogP contribution in [0.2, 0.25) is 0 Å². The lowest BCUT2D eigenvalue weighted by Crippen LogP contribution is -2.47. The summed E-state index contributed by atoms with van der Waals surface area (Å²) in [5, 5.41) is 7.17. The molecule has 2 aliphatic rings. The summed E-state index contributed by atoms with van der Waals surface area (Å²) in [7, 11) is 6.45. The summed E-state index contributed by atoms with van der Waals surface area (Å²) in [6.45, 7) is 7.13. The van der Waals surface area contributed by atoms with Gasteiger partial charge in [0.25, 0.3) is 11.8 Å². The fourth-order valence-corrected chi connectivity index (χ4v) is 4.05. The third kappa shape index (κ3) is 8.08. The number of carbonyl (C=O) groups excluding carboxylic acids is 3. The van der Waals surface area contributed by atoms with Crippen LogP contribution in [0.1, 0.15) is 21.6 Å². The van der Waals surface area contributed by atoms with E-state index in [-0.39, 0.29) is 5.91 Å². The van der Waals surface area contributed by atoms with Gasteiger partial charge in [0.1, 0.15) is 11.6 Å². The average Bonchev–Trinajstić information content (AvgIpc) is 3.31. The van der Waals surface area contributed by atoms with Gasteiger partial charge in [0.05, 0.1) is 20.8 Å². The lowest BCUT2D eigenvalue weighted by atomic mass is 10.1. The first-order chi connectivity index (χ1) is 19.3. The molecule has 2 aliphatic heterocycles. The Kier molecular flexibility index (Phi) is 11.1. The van der Waals surface area contributed by atoms with Crippen molar-refractivity contribution in [3.63, 3.8) is 0 Å². The van der Waals surface area contributed by atoms with Crippen molar-refractivity contribution in [1.29, 1.82) is 0 Å². The second-order valence-electron chi connectivity index (χ2n) is 8.97. The highest BCUT2D eigenvalue weighted by Gasteiger charge is 2.27. The number of imide groups is 1. The van der Waals surface area contributed by atoms with Crippen LogP contribution in [0.5, 0.6) is 11.5 Å². The number of hydrogen-bond donors (Lipinski definition) is 3. The fourth-order valence-electron chi connectivity index (χ4n) is 4.05. The molecule has 4 rings (SSSR count). The second-order valence-corrected chi connectivity index (χ2v) is 8.97. The van der Waals surface area contributed by atoms with Crippen LogP contribution in [0.25, 0.3) is 0 Å². The van der Waals surface area contributed by atoms with Gasteiger partial charge in [0.15, 0.2) is 17.5 Å². The molecule has 0 saturated carbocycles. The van der Waals surface area contributed by atoms with Crippen LogP contribution in [0, 0.1) is 18.8 Å². The highest BCUT2D eigenvalue weighted by molar-refractivity contribution is 6.05. The third-order valence-electron chi connectivity index (χ3n) is 6.40. The number of nitrogens with zero attached hydrogens (tertiary/aromatic N) is 3. The second kappa shape index (κ2) is 14.7. The van der Waals surface area contributed by atoms with E-state index in [4.69, 9.17) is 14.2 Å². The number of carbonyl (C=O) groups is 3. The van der Waals surface area contributed by atoms with Crippen molar-refractivity contribution in [2.75, 3.05) is 72.6 Å². The van der Waals surface area contributed by atoms with Gasteiger partial charge in [-0.2, -0.15) is 0 Å². The Morgan fingerprint density at radius 2 is 1.85 bits per heavy atom. The molecule has 0 aliphatic carbocycles. The summed E-state index contributed by atoms with van der Waals surface area (Å²) in [5.41, 5.74) is 2.03. The van der Waals surface area contributed by atoms with Gasteiger partial charge in [-0.05, 0) is 42.7 Å². The van der Waals surface area contributed by atoms with Crippen LogP contribution >= 0.6 is 0 Å². The first-order valence-electron chi connectivity index (χ1n) is 12.8. The van der Waals surface area contributed by atoms with Crippen molar-refractivity contribution in [2.24, 2.45) is 0 Å². The number of benzene rings is 1. The Balaban J connectivity index is 0.000000285. The summed E-state index contributed by atoms with van der Waals surface area (Å²) in [5.74, 6) is 7.08. The monoisotopic (exact) mass is 552 g/mol. The quantitative estimate of drug-likeness (QED) is 0.337. The number of rotatable bonds is 7. The van der Waals surface area contributed by atoms with Gasteiger partial charge in [-0.25, -0.2) is 9.78 Å². The molecule has 1 aromatic heterocycles. The van der Waals surface area contributed by atoms with Crippen LogP contribution < -0.4 is 30.3 Å². The number of nitrogens with one attached hydrogen (secondary N) is 3. The highest BCUT2D eigenvalue weighted by Crippen LogP contribution is 2.22. The SMILES string of the molecule is CNC(=O)c1cc(OC)ccc1C.COCCN1CCN(c2ccc(OC)c(C#CC3NC(=O)NC3=O)n2)CC1. The summed E-state index contributed by atoms with van der Waals surface area (Å²) < 4.78 is 15.5. The van der Waals surface area contributed by atoms with E-state index < -0.39 is 18.0 Å². The molecule has 2 fully saturated rings. The zero-order chi connectivity index (χ0) is 29.1. The Labute approximate surface area is 234 Å². The van der Waals surface area contributed by atoms with Gasteiger partial charge in [-0.3, -0.25) is 19.8 Å². The summed E-state index contributed by atoms with van der Waals surface area (Å²) >= 11 is 0. The number of hydrogen-bond acceptors (Lipinski definition) is 9. The number of amides is 4. The molecule has 0 spiro atoms. The predicted molar refractivity (Wildman–Crippen MR) is 150 cm³/mol. The topological polar surface area (TPSA) is 134 Å². The summed E-state index contributed by atoms with van der Waals surface area (Å²) in [6, 6.07) is 7.73. The number of anilines is 1. The molecule has 214 valence electrons. The van der Waals surface area contributed by atoms with Crippen molar-refractivity contribution < 1.29 is 28.6 Å². The molecule has 12 heteroatoms. The maximum atomic E-state index is 11.6. The number of pyridine rings is 1. The van der Waals surface area contributed by atoms with Crippen molar-refractivity contribution in [3.05, 3.63) is 47.2 Å². The van der Waals surface area contributed by atoms with Gasteiger partial charge >= 0.3 is 6.03 Å². The van der Waals surface area contributed by atoms with E-state index >= 15 is 0 Å². The van der Waals surface area contributed by atoms with E-state index in [0.717, 1.165) is 50.7 Å². The first-order valence-corrected chi connectivity index (χ1v) is 12.8.